The van der Waals surface area contributed by atoms with E-state index in [2.05, 4.69) is 15.5 Å². The number of carbonyl (C=O) groups excluding carboxylic acids is 1. The van der Waals surface area contributed by atoms with E-state index < -0.39 is 0 Å². The fourth-order valence-corrected chi connectivity index (χ4v) is 3.88. The lowest BCUT2D eigenvalue weighted by atomic mass is 9.85. The minimum absolute atomic E-state index is 0.0679. The molecule has 8 heteroatoms. The first-order valence-corrected chi connectivity index (χ1v) is 10.2. The Morgan fingerprint density at radius 1 is 1.17 bits per heavy atom. The van der Waals surface area contributed by atoms with E-state index in [1.54, 1.807) is 0 Å². The summed E-state index contributed by atoms with van der Waals surface area (Å²) in [6, 6.07) is 7.67. The lowest BCUT2D eigenvalue weighted by Crippen LogP contribution is -2.27. The van der Waals surface area contributed by atoms with Crippen LogP contribution in [0.1, 0.15) is 48.0 Å². The number of aryl methyl sites for hydroxylation is 1. The molecule has 3 heterocycles. The van der Waals surface area contributed by atoms with Gasteiger partial charge in [-0.2, -0.15) is 0 Å². The van der Waals surface area contributed by atoms with Gasteiger partial charge in [0, 0.05) is 23.9 Å². The molecule has 2 aromatic heterocycles. The second-order valence-corrected chi connectivity index (χ2v) is 7.91. The molecule has 0 radical (unpaired) electrons. The van der Waals surface area contributed by atoms with E-state index in [9.17, 15) is 4.79 Å². The van der Waals surface area contributed by atoms with E-state index >= 15 is 0 Å². The number of benzene rings is 1. The summed E-state index contributed by atoms with van der Waals surface area (Å²) in [6.45, 7) is 4.84. The molecule has 0 spiro atoms. The molecule has 0 atom stereocenters. The van der Waals surface area contributed by atoms with Gasteiger partial charge >= 0.3 is 0 Å². The number of aromatic nitrogens is 3. The summed E-state index contributed by atoms with van der Waals surface area (Å²) >= 11 is 0. The number of rotatable bonds is 6. The summed E-state index contributed by atoms with van der Waals surface area (Å²) in [5.74, 6) is 3.03. The van der Waals surface area contributed by atoms with Crippen LogP contribution in [-0.4, -0.2) is 27.5 Å². The third-order valence-corrected chi connectivity index (χ3v) is 5.93. The van der Waals surface area contributed by atoms with Gasteiger partial charge in [0.2, 0.25) is 24.5 Å². The maximum Gasteiger partial charge on any atom is 0.249 e. The normalized spacial score (nSPS) is 15.3. The molecule has 1 amide bonds. The molecule has 1 aliphatic carbocycles. The molecule has 30 heavy (non-hydrogen) atoms. The van der Waals surface area contributed by atoms with Crippen molar-refractivity contribution >= 4 is 5.91 Å². The quantitative estimate of drug-likeness (QED) is 0.672. The van der Waals surface area contributed by atoms with Crippen molar-refractivity contribution in [2.75, 3.05) is 6.79 Å². The van der Waals surface area contributed by atoms with Crippen molar-refractivity contribution in [2.24, 2.45) is 0 Å². The third kappa shape index (κ3) is 3.42. The second kappa shape index (κ2) is 7.51. The van der Waals surface area contributed by atoms with Gasteiger partial charge in [0.05, 0.1) is 5.56 Å². The number of fused-ring (bicyclic) bond motifs is 1. The van der Waals surface area contributed by atoms with Crippen molar-refractivity contribution in [3.05, 3.63) is 47.1 Å². The number of nitrogens with one attached hydrogen (secondary N) is 1. The monoisotopic (exact) mass is 408 g/mol. The van der Waals surface area contributed by atoms with Crippen LogP contribution in [0.15, 0.2) is 28.7 Å². The predicted octanol–water partition coefficient (Wildman–Crippen LogP) is 3.47. The van der Waals surface area contributed by atoms with Crippen molar-refractivity contribution in [3.63, 3.8) is 0 Å². The van der Waals surface area contributed by atoms with Gasteiger partial charge in [-0.15, -0.1) is 10.2 Å². The highest BCUT2D eigenvalue weighted by atomic mass is 16.7. The van der Waals surface area contributed by atoms with Crippen molar-refractivity contribution in [1.29, 1.82) is 0 Å². The minimum atomic E-state index is -0.0679. The molecule has 1 aliphatic heterocycles. The standard InChI is InChI=1S/C22H24N4O4/c1-13-8-17(22-25-24-21(30-22)16-4-3-5-16)14(2)26(13)11-20(27)23-10-15-6-7-18-19(9-15)29-12-28-18/h6-9,16H,3-5,10-12H2,1-2H3,(H,23,27). The van der Waals surface area contributed by atoms with Crippen LogP contribution in [0.25, 0.3) is 11.5 Å². The van der Waals surface area contributed by atoms with Crippen LogP contribution >= 0.6 is 0 Å². The minimum Gasteiger partial charge on any atom is -0.454 e. The highest BCUT2D eigenvalue weighted by Crippen LogP contribution is 2.37. The largest absolute Gasteiger partial charge is 0.454 e. The smallest absolute Gasteiger partial charge is 0.249 e. The van der Waals surface area contributed by atoms with Crippen LogP contribution in [0.4, 0.5) is 0 Å². The van der Waals surface area contributed by atoms with Crippen LogP contribution in [0.2, 0.25) is 0 Å². The van der Waals surface area contributed by atoms with Gasteiger partial charge in [-0.05, 0) is 50.5 Å². The molecule has 2 aliphatic rings. The Morgan fingerprint density at radius 2 is 2.00 bits per heavy atom. The van der Waals surface area contributed by atoms with Crippen LogP contribution in [0.3, 0.4) is 0 Å². The van der Waals surface area contributed by atoms with Crippen molar-refractivity contribution in [1.82, 2.24) is 20.1 Å². The Kier molecular flexibility index (Phi) is 4.69. The Morgan fingerprint density at radius 3 is 2.80 bits per heavy atom. The topological polar surface area (TPSA) is 91.4 Å². The average Bonchev–Trinajstić information content (AvgIpc) is 3.40. The zero-order valence-electron chi connectivity index (χ0n) is 17.1. The Hall–Kier alpha value is -3.29. The molecule has 0 unspecified atom stereocenters. The molecule has 156 valence electrons. The van der Waals surface area contributed by atoms with Crippen molar-refractivity contribution < 1.29 is 18.7 Å². The number of carbonyl (C=O) groups is 1. The molecule has 0 bridgehead atoms. The number of hydrogen-bond acceptors (Lipinski definition) is 6. The SMILES string of the molecule is Cc1cc(-c2nnc(C3CCC3)o2)c(C)n1CC(=O)NCc1ccc2c(c1)OCO2. The summed E-state index contributed by atoms with van der Waals surface area (Å²) < 4.78 is 18.6. The van der Waals surface area contributed by atoms with Gasteiger partial charge in [-0.3, -0.25) is 4.79 Å². The van der Waals surface area contributed by atoms with Gasteiger partial charge in [0.15, 0.2) is 11.5 Å². The average molecular weight is 408 g/mol. The Balaban J connectivity index is 1.25. The Bertz CT molecular complexity index is 1100. The Labute approximate surface area is 174 Å². The van der Waals surface area contributed by atoms with E-state index in [-0.39, 0.29) is 19.2 Å². The maximum absolute atomic E-state index is 12.6. The molecular formula is C22H24N4O4. The molecule has 1 fully saturated rings. The van der Waals surface area contributed by atoms with E-state index in [0.29, 0.717) is 24.1 Å². The number of hydrogen-bond donors (Lipinski definition) is 1. The van der Waals surface area contributed by atoms with Crippen LogP contribution in [0.5, 0.6) is 11.5 Å². The summed E-state index contributed by atoms with van der Waals surface area (Å²) in [5.41, 5.74) is 3.76. The molecule has 1 saturated carbocycles. The van der Waals surface area contributed by atoms with Gasteiger partial charge in [0.1, 0.15) is 6.54 Å². The molecule has 3 aromatic rings. The highest BCUT2D eigenvalue weighted by Gasteiger charge is 2.26. The maximum atomic E-state index is 12.6. The van der Waals surface area contributed by atoms with E-state index in [1.807, 2.05) is 42.7 Å². The fourth-order valence-electron chi connectivity index (χ4n) is 3.88. The van der Waals surface area contributed by atoms with Crippen LogP contribution in [0, 0.1) is 13.8 Å². The molecule has 5 rings (SSSR count). The van der Waals surface area contributed by atoms with Gasteiger partial charge in [-0.1, -0.05) is 12.5 Å². The van der Waals surface area contributed by atoms with Crippen molar-refractivity contribution in [2.45, 2.75) is 52.1 Å². The molecule has 8 nitrogen and oxygen atoms in total. The van der Waals surface area contributed by atoms with Crippen LogP contribution < -0.4 is 14.8 Å². The highest BCUT2D eigenvalue weighted by molar-refractivity contribution is 5.76. The molecule has 0 saturated heterocycles. The van der Waals surface area contributed by atoms with Gasteiger partial charge < -0.3 is 23.8 Å². The third-order valence-electron chi connectivity index (χ3n) is 5.93. The fraction of sp³-hybridized carbons (Fsp3) is 0.409. The number of amides is 1. The lowest BCUT2D eigenvalue weighted by Gasteiger charge is -2.20. The zero-order chi connectivity index (χ0) is 20.7. The van der Waals surface area contributed by atoms with Crippen molar-refractivity contribution in [3.8, 4) is 23.0 Å². The first-order chi connectivity index (χ1) is 14.6. The first kappa shape index (κ1) is 18.7. The van der Waals surface area contributed by atoms with E-state index in [0.717, 1.165) is 47.0 Å². The van der Waals surface area contributed by atoms with Gasteiger partial charge in [-0.25, -0.2) is 0 Å². The zero-order valence-corrected chi connectivity index (χ0v) is 17.1. The van der Waals surface area contributed by atoms with Gasteiger partial charge in [0.25, 0.3) is 0 Å². The van der Waals surface area contributed by atoms with Crippen LogP contribution in [-0.2, 0) is 17.9 Å². The summed E-state index contributed by atoms with van der Waals surface area (Å²) in [7, 11) is 0. The van der Waals surface area contributed by atoms with E-state index in [4.69, 9.17) is 13.9 Å². The molecule has 1 aromatic carbocycles. The predicted molar refractivity (Wildman–Crippen MR) is 108 cm³/mol. The number of nitrogens with zero attached hydrogens (tertiary/aromatic N) is 3. The summed E-state index contributed by atoms with van der Waals surface area (Å²) in [6.07, 6.45) is 3.45. The molecular weight excluding hydrogens is 384 g/mol. The van der Waals surface area contributed by atoms with E-state index in [1.165, 1.54) is 6.42 Å². The summed E-state index contributed by atoms with van der Waals surface area (Å²) in [4.78, 5) is 12.6. The molecule has 1 N–H and O–H groups in total. The second-order valence-electron chi connectivity index (χ2n) is 7.91. The number of ether oxygens (including phenoxy) is 2. The first-order valence-electron chi connectivity index (χ1n) is 10.2. The summed E-state index contributed by atoms with van der Waals surface area (Å²) in [5, 5.41) is 11.4. The lowest BCUT2D eigenvalue weighted by molar-refractivity contribution is -0.121.